The Kier molecular flexibility index (Phi) is 15.4. The minimum Gasteiger partial charge on any atom is -0.550 e. The normalized spacial score (nSPS) is 9.50. The van der Waals surface area contributed by atoms with Crippen molar-refractivity contribution in [3.63, 3.8) is 0 Å². The van der Waals surface area contributed by atoms with Gasteiger partial charge in [0.25, 0.3) is 0 Å². The van der Waals surface area contributed by atoms with Gasteiger partial charge in [-0.05, 0) is 12.8 Å². The second kappa shape index (κ2) is 13.1. The zero-order valence-electron chi connectivity index (χ0n) is 9.68. The molecular formula is C11H21LiO2. The van der Waals surface area contributed by atoms with Crippen molar-refractivity contribution in [1.29, 1.82) is 0 Å². The summed E-state index contributed by atoms with van der Waals surface area (Å²) in [4.78, 5) is 10.1. The molecule has 0 atom stereocenters. The van der Waals surface area contributed by atoms with Crippen molar-refractivity contribution in [2.45, 2.75) is 64.7 Å². The second-order valence-electron chi connectivity index (χ2n) is 3.60. The molecule has 0 amide bonds. The van der Waals surface area contributed by atoms with Crippen LogP contribution in [0.5, 0.6) is 0 Å². The van der Waals surface area contributed by atoms with Crippen LogP contribution < -0.4 is 24.0 Å². The van der Waals surface area contributed by atoms with E-state index in [2.05, 4.69) is 6.92 Å². The van der Waals surface area contributed by atoms with Crippen molar-refractivity contribution in [1.82, 2.24) is 0 Å². The van der Waals surface area contributed by atoms with Gasteiger partial charge in [0.1, 0.15) is 0 Å². The fourth-order valence-electron chi connectivity index (χ4n) is 1.40. The van der Waals surface area contributed by atoms with Crippen LogP contribution >= 0.6 is 0 Å². The van der Waals surface area contributed by atoms with Gasteiger partial charge in [-0.2, -0.15) is 0 Å². The fourth-order valence-corrected chi connectivity index (χ4v) is 1.40. The Balaban J connectivity index is 0. The summed E-state index contributed by atoms with van der Waals surface area (Å²) in [6, 6.07) is 0. The molecule has 0 aliphatic rings. The molecule has 0 spiro atoms. The molecule has 0 N–H and O–H groups in total. The first-order chi connectivity index (χ1) is 6.27. The zero-order chi connectivity index (χ0) is 9.94. The van der Waals surface area contributed by atoms with Crippen molar-refractivity contribution >= 4 is 5.97 Å². The van der Waals surface area contributed by atoms with Crippen LogP contribution in [0.2, 0.25) is 0 Å². The van der Waals surface area contributed by atoms with Gasteiger partial charge in [0.15, 0.2) is 0 Å². The third-order valence-corrected chi connectivity index (χ3v) is 2.23. The zero-order valence-corrected chi connectivity index (χ0v) is 9.68. The Morgan fingerprint density at radius 1 is 0.929 bits per heavy atom. The van der Waals surface area contributed by atoms with Gasteiger partial charge in [-0.15, -0.1) is 0 Å². The largest absolute Gasteiger partial charge is 1.00 e. The Hall–Kier alpha value is 0.0674. The molecule has 0 aromatic rings. The number of carbonyl (C=O) groups is 1. The molecule has 0 aliphatic carbocycles. The van der Waals surface area contributed by atoms with Crippen LogP contribution in [0.3, 0.4) is 0 Å². The van der Waals surface area contributed by atoms with Gasteiger partial charge in [-0.25, -0.2) is 0 Å². The maximum Gasteiger partial charge on any atom is 1.00 e. The molecule has 0 unspecified atom stereocenters. The molecule has 0 fully saturated rings. The van der Waals surface area contributed by atoms with Crippen LogP contribution in [0.15, 0.2) is 0 Å². The summed E-state index contributed by atoms with van der Waals surface area (Å²) < 4.78 is 0. The van der Waals surface area contributed by atoms with Gasteiger partial charge in [0.2, 0.25) is 0 Å². The molecule has 0 bridgehead atoms. The summed E-state index contributed by atoms with van der Waals surface area (Å²) >= 11 is 0. The summed E-state index contributed by atoms with van der Waals surface area (Å²) in [6.45, 7) is 2.21. The summed E-state index contributed by atoms with van der Waals surface area (Å²) in [5.41, 5.74) is 0. The van der Waals surface area contributed by atoms with E-state index in [-0.39, 0.29) is 25.3 Å². The Bertz CT molecular complexity index is 126. The predicted molar refractivity (Wildman–Crippen MR) is 52.2 cm³/mol. The topological polar surface area (TPSA) is 40.1 Å². The van der Waals surface area contributed by atoms with E-state index in [0.717, 1.165) is 12.8 Å². The molecule has 14 heavy (non-hydrogen) atoms. The number of hydrogen-bond acceptors (Lipinski definition) is 2. The van der Waals surface area contributed by atoms with E-state index >= 15 is 0 Å². The molecule has 0 saturated carbocycles. The van der Waals surface area contributed by atoms with Crippen LogP contribution in [0.4, 0.5) is 0 Å². The van der Waals surface area contributed by atoms with Gasteiger partial charge < -0.3 is 9.90 Å². The molecule has 0 radical (unpaired) electrons. The third kappa shape index (κ3) is 14.6. The number of unbranched alkanes of at least 4 members (excludes halogenated alkanes) is 7. The van der Waals surface area contributed by atoms with Crippen molar-refractivity contribution in [3.8, 4) is 0 Å². The van der Waals surface area contributed by atoms with Gasteiger partial charge in [0.05, 0.1) is 0 Å². The molecule has 0 aromatic carbocycles. The van der Waals surface area contributed by atoms with Gasteiger partial charge in [-0.3, -0.25) is 0 Å². The summed E-state index contributed by atoms with van der Waals surface area (Å²) in [5.74, 6) is -0.911. The molecule has 0 rings (SSSR count). The Labute approximate surface area is 99.6 Å². The van der Waals surface area contributed by atoms with E-state index in [1.807, 2.05) is 0 Å². The standard InChI is InChI=1S/C11H22O2.Li/c1-2-3-4-5-6-7-8-9-10-11(12)13;/h2-10H2,1H3,(H,12,13);/q;+1/p-1. The van der Waals surface area contributed by atoms with Crippen molar-refractivity contribution in [2.24, 2.45) is 0 Å². The smallest absolute Gasteiger partial charge is 0.550 e. The van der Waals surface area contributed by atoms with Crippen molar-refractivity contribution in [3.05, 3.63) is 0 Å². The maximum atomic E-state index is 10.1. The first kappa shape index (κ1) is 16.5. The van der Waals surface area contributed by atoms with Gasteiger partial charge in [-0.1, -0.05) is 51.9 Å². The van der Waals surface area contributed by atoms with E-state index in [9.17, 15) is 9.90 Å². The van der Waals surface area contributed by atoms with E-state index in [0.29, 0.717) is 0 Å². The van der Waals surface area contributed by atoms with Crippen LogP contribution in [-0.4, -0.2) is 5.97 Å². The monoisotopic (exact) mass is 192 g/mol. The van der Waals surface area contributed by atoms with Gasteiger partial charge >= 0.3 is 18.9 Å². The van der Waals surface area contributed by atoms with E-state index in [1.54, 1.807) is 0 Å². The molecule has 3 heteroatoms. The third-order valence-electron chi connectivity index (χ3n) is 2.23. The first-order valence-corrected chi connectivity index (χ1v) is 5.47. The molecule has 0 heterocycles. The average Bonchev–Trinajstić information content (AvgIpc) is 2.09. The number of rotatable bonds is 9. The SMILES string of the molecule is CCCCCCCCCCC(=O)[O-].[Li+]. The first-order valence-electron chi connectivity index (χ1n) is 5.47. The molecular weight excluding hydrogens is 171 g/mol. The molecule has 0 aromatic heterocycles. The van der Waals surface area contributed by atoms with Crippen molar-refractivity contribution in [2.75, 3.05) is 0 Å². The van der Waals surface area contributed by atoms with E-state index < -0.39 is 5.97 Å². The number of aliphatic carboxylic acids is 1. The molecule has 0 saturated heterocycles. The minimum absolute atomic E-state index is 0. The van der Waals surface area contributed by atoms with E-state index in [1.165, 1.54) is 38.5 Å². The average molecular weight is 192 g/mol. The fraction of sp³-hybridized carbons (Fsp3) is 0.909. The summed E-state index contributed by atoms with van der Waals surface area (Å²) in [6.07, 6.45) is 9.75. The predicted octanol–water partition coefficient (Wildman–Crippen LogP) is -0.729. The quantitative estimate of drug-likeness (QED) is 0.357. The summed E-state index contributed by atoms with van der Waals surface area (Å²) in [5, 5.41) is 10.1. The van der Waals surface area contributed by atoms with Crippen LogP contribution in [-0.2, 0) is 4.79 Å². The number of carbonyl (C=O) groups excluding carboxylic acids is 1. The summed E-state index contributed by atoms with van der Waals surface area (Å²) in [7, 11) is 0. The second-order valence-corrected chi connectivity index (χ2v) is 3.60. The minimum atomic E-state index is -0.911. The van der Waals surface area contributed by atoms with Crippen LogP contribution in [0.1, 0.15) is 64.7 Å². The molecule has 0 aliphatic heterocycles. The number of hydrogen-bond donors (Lipinski definition) is 0. The van der Waals surface area contributed by atoms with Crippen LogP contribution in [0, 0.1) is 0 Å². The molecule has 2 nitrogen and oxygen atoms in total. The number of carboxylic acids is 1. The van der Waals surface area contributed by atoms with Gasteiger partial charge in [0, 0.05) is 5.97 Å². The van der Waals surface area contributed by atoms with Crippen LogP contribution in [0.25, 0.3) is 0 Å². The Morgan fingerprint density at radius 2 is 1.36 bits per heavy atom. The molecule has 78 valence electrons. The Morgan fingerprint density at radius 3 is 1.79 bits per heavy atom. The van der Waals surface area contributed by atoms with E-state index in [4.69, 9.17) is 0 Å². The number of carboxylic acid groups (broad SMARTS) is 1. The van der Waals surface area contributed by atoms with Crippen molar-refractivity contribution < 1.29 is 28.8 Å². The maximum absolute atomic E-state index is 10.1.